The Hall–Kier alpha value is -2.18. The Balaban J connectivity index is 2.27. The highest BCUT2D eigenvalue weighted by Gasteiger charge is 2.63. The molecule has 2 rings (SSSR count). The number of nitrogen functional groups attached to an aromatic ring is 1. The van der Waals surface area contributed by atoms with Crippen LogP contribution in [0.2, 0.25) is 0 Å². The Morgan fingerprint density at radius 2 is 1.14 bits per heavy atom. The van der Waals surface area contributed by atoms with Gasteiger partial charge in [-0.25, -0.2) is 4.39 Å². The highest BCUT2D eigenvalue weighted by molar-refractivity contribution is 5.65. The lowest BCUT2D eigenvalue weighted by atomic mass is 9.99. The quantitative estimate of drug-likeness (QED) is 0.615. The summed E-state index contributed by atoms with van der Waals surface area (Å²) in [6, 6.07) is 10.9. The lowest BCUT2D eigenvalue weighted by Crippen LogP contribution is -2.40. The molecule has 0 radical (unpaired) electrons. The van der Waals surface area contributed by atoms with Crippen LogP contribution in [0.1, 0.15) is 11.7 Å². The van der Waals surface area contributed by atoms with Gasteiger partial charge in [0.15, 0.2) is 6.17 Å². The first-order valence-electron chi connectivity index (χ1n) is 6.17. The molecule has 2 aromatic carbocycles. The summed E-state index contributed by atoms with van der Waals surface area (Å²) < 4.78 is 75.9. The van der Waals surface area contributed by atoms with Gasteiger partial charge in [0.05, 0.1) is 0 Å². The zero-order valence-corrected chi connectivity index (χ0v) is 11.0. The molecule has 22 heavy (non-hydrogen) atoms. The minimum atomic E-state index is -5.94. The summed E-state index contributed by atoms with van der Waals surface area (Å²) in [6.45, 7) is 0. The molecule has 0 saturated carbocycles. The Morgan fingerprint density at radius 1 is 0.727 bits per heavy atom. The van der Waals surface area contributed by atoms with E-state index in [0.717, 1.165) is 12.1 Å². The molecule has 1 nitrogen and oxygen atoms in total. The van der Waals surface area contributed by atoms with Crippen LogP contribution in [-0.4, -0.2) is 12.1 Å². The normalized spacial score (nSPS) is 13.9. The van der Waals surface area contributed by atoms with E-state index < -0.39 is 23.8 Å². The summed E-state index contributed by atoms with van der Waals surface area (Å²) >= 11 is 0. The van der Waals surface area contributed by atoms with Gasteiger partial charge < -0.3 is 5.73 Å². The summed E-state index contributed by atoms with van der Waals surface area (Å²) in [5.74, 6) is -5.43. The maximum atomic E-state index is 13.5. The number of rotatable bonds is 3. The summed E-state index contributed by atoms with van der Waals surface area (Å²) in [6.07, 6.45) is -9.39. The molecule has 0 bridgehead atoms. The van der Waals surface area contributed by atoms with Crippen LogP contribution >= 0.6 is 0 Å². The Kier molecular flexibility index (Phi) is 4.08. The molecule has 0 amide bonds. The molecule has 7 heteroatoms. The van der Waals surface area contributed by atoms with Crippen LogP contribution in [0.5, 0.6) is 0 Å². The molecular formula is C15H11F6N. The summed E-state index contributed by atoms with van der Waals surface area (Å²) in [5.41, 5.74) is 6.53. The van der Waals surface area contributed by atoms with Crippen molar-refractivity contribution in [2.75, 3.05) is 5.73 Å². The van der Waals surface area contributed by atoms with E-state index >= 15 is 0 Å². The minimum Gasteiger partial charge on any atom is -0.399 e. The fraction of sp³-hybridized carbons (Fsp3) is 0.200. The predicted octanol–water partition coefficient (Wildman–Crippen LogP) is 5.14. The average molecular weight is 319 g/mol. The summed E-state index contributed by atoms with van der Waals surface area (Å²) in [7, 11) is 0. The van der Waals surface area contributed by atoms with Crippen LogP contribution in [0, 0.1) is 0 Å². The molecule has 0 fully saturated rings. The van der Waals surface area contributed by atoms with E-state index in [-0.39, 0.29) is 0 Å². The van der Waals surface area contributed by atoms with E-state index in [1.807, 2.05) is 0 Å². The molecule has 2 aromatic rings. The van der Waals surface area contributed by atoms with Gasteiger partial charge >= 0.3 is 12.1 Å². The van der Waals surface area contributed by atoms with E-state index in [1.54, 1.807) is 24.3 Å². The molecule has 2 N–H and O–H groups in total. The van der Waals surface area contributed by atoms with Crippen molar-refractivity contribution in [3.8, 4) is 11.1 Å². The number of anilines is 1. The minimum absolute atomic E-state index is 0.522. The number of halogens is 6. The van der Waals surface area contributed by atoms with Gasteiger partial charge in [-0.2, -0.15) is 22.0 Å². The first-order valence-corrected chi connectivity index (χ1v) is 6.17. The van der Waals surface area contributed by atoms with Gasteiger partial charge in [0.1, 0.15) is 0 Å². The number of alkyl halides is 6. The van der Waals surface area contributed by atoms with Crippen LogP contribution < -0.4 is 5.73 Å². The topological polar surface area (TPSA) is 26.0 Å². The second-order valence-electron chi connectivity index (χ2n) is 4.73. The van der Waals surface area contributed by atoms with Gasteiger partial charge in [0.25, 0.3) is 0 Å². The molecule has 1 atom stereocenters. The maximum Gasteiger partial charge on any atom is 0.456 e. The largest absolute Gasteiger partial charge is 0.456 e. The van der Waals surface area contributed by atoms with E-state index in [0.29, 0.717) is 16.8 Å². The maximum absolute atomic E-state index is 13.5. The third kappa shape index (κ3) is 3.03. The fourth-order valence-corrected chi connectivity index (χ4v) is 1.87. The van der Waals surface area contributed by atoms with Crippen LogP contribution in [0.25, 0.3) is 11.1 Å². The van der Waals surface area contributed by atoms with Crippen LogP contribution in [0.4, 0.5) is 32.0 Å². The third-order valence-corrected chi connectivity index (χ3v) is 3.14. The van der Waals surface area contributed by atoms with Gasteiger partial charge in [0.2, 0.25) is 0 Å². The highest BCUT2D eigenvalue weighted by atomic mass is 19.4. The lowest BCUT2D eigenvalue weighted by molar-refractivity contribution is -0.305. The van der Waals surface area contributed by atoms with E-state index in [4.69, 9.17) is 5.73 Å². The number of hydrogen-bond acceptors (Lipinski definition) is 1. The van der Waals surface area contributed by atoms with Crippen molar-refractivity contribution in [3.63, 3.8) is 0 Å². The summed E-state index contributed by atoms with van der Waals surface area (Å²) in [5, 5.41) is 0. The van der Waals surface area contributed by atoms with Crippen molar-refractivity contribution in [1.82, 2.24) is 0 Å². The molecule has 0 aliphatic rings. The van der Waals surface area contributed by atoms with Gasteiger partial charge in [-0.1, -0.05) is 36.4 Å². The van der Waals surface area contributed by atoms with Crippen molar-refractivity contribution in [2.24, 2.45) is 0 Å². The van der Waals surface area contributed by atoms with Gasteiger partial charge in [0, 0.05) is 5.69 Å². The second kappa shape index (κ2) is 5.55. The molecule has 118 valence electrons. The van der Waals surface area contributed by atoms with Crippen molar-refractivity contribution in [1.29, 1.82) is 0 Å². The van der Waals surface area contributed by atoms with Crippen LogP contribution in [0.15, 0.2) is 48.5 Å². The van der Waals surface area contributed by atoms with E-state index in [1.165, 1.54) is 12.1 Å². The standard InChI is InChI=1S/C15H11F6N/c16-13(14(17,18)15(19,20)21)11-3-1-9(2-4-11)10-5-7-12(22)8-6-10/h1-8,13H,22H2. The zero-order valence-electron chi connectivity index (χ0n) is 11.0. The number of nitrogens with two attached hydrogens (primary N) is 1. The molecule has 0 aliphatic carbocycles. The molecule has 0 aliphatic heterocycles. The van der Waals surface area contributed by atoms with E-state index in [9.17, 15) is 26.3 Å². The van der Waals surface area contributed by atoms with Crippen molar-refractivity contribution in [3.05, 3.63) is 54.1 Å². The van der Waals surface area contributed by atoms with Gasteiger partial charge in [-0.05, 0) is 28.8 Å². The first-order chi connectivity index (χ1) is 10.1. The fourth-order valence-electron chi connectivity index (χ4n) is 1.87. The molecule has 0 saturated heterocycles. The Bertz CT molecular complexity index is 631. The molecule has 1 unspecified atom stereocenters. The zero-order chi connectivity index (χ0) is 16.5. The highest BCUT2D eigenvalue weighted by Crippen LogP contribution is 2.46. The SMILES string of the molecule is Nc1ccc(-c2ccc(C(F)C(F)(F)C(F)(F)F)cc2)cc1. The predicted molar refractivity (Wildman–Crippen MR) is 71.1 cm³/mol. The average Bonchev–Trinajstić information content (AvgIpc) is 2.46. The molecule has 0 aromatic heterocycles. The molecule has 0 heterocycles. The first kappa shape index (κ1) is 16.2. The third-order valence-electron chi connectivity index (χ3n) is 3.14. The Labute approximate surface area is 122 Å². The monoisotopic (exact) mass is 319 g/mol. The van der Waals surface area contributed by atoms with Gasteiger partial charge in [-0.3, -0.25) is 0 Å². The van der Waals surface area contributed by atoms with Crippen LogP contribution in [0.3, 0.4) is 0 Å². The van der Waals surface area contributed by atoms with Gasteiger partial charge in [-0.15, -0.1) is 0 Å². The number of benzene rings is 2. The molecular weight excluding hydrogens is 308 g/mol. The van der Waals surface area contributed by atoms with Crippen molar-refractivity contribution >= 4 is 5.69 Å². The lowest BCUT2D eigenvalue weighted by Gasteiger charge is -2.23. The molecule has 0 spiro atoms. The Morgan fingerprint density at radius 3 is 1.55 bits per heavy atom. The van der Waals surface area contributed by atoms with Crippen LogP contribution in [-0.2, 0) is 0 Å². The number of hydrogen-bond donors (Lipinski definition) is 1. The van der Waals surface area contributed by atoms with Crippen molar-refractivity contribution in [2.45, 2.75) is 18.3 Å². The van der Waals surface area contributed by atoms with Crippen molar-refractivity contribution < 1.29 is 26.3 Å². The summed E-state index contributed by atoms with van der Waals surface area (Å²) in [4.78, 5) is 0. The second-order valence-corrected chi connectivity index (χ2v) is 4.73. The smallest absolute Gasteiger partial charge is 0.399 e. The van der Waals surface area contributed by atoms with E-state index in [2.05, 4.69) is 0 Å².